The lowest BCUT2D eigenvalue weighted by molar-refractivity contribution is 0.385. The first-order chi connectivity index (χ1) is 10.3. The predicted octanol–water partition coefficient (Wildman–Crippen LogP) is 3.03. The van der Waals surface area contributed by atoms with Gasteiger partial charge in [0.1, 0.15) is 0 Å². The van der Waals surface area contributed by atoms with Crippen LogP contribution in [0, 0.1) is 0 Å². The molecule has 2 N–H and O–H groups in total. The van der Waals surface area contributed by atoms with Gasteiger partial charge in [0.15, 0.2) is 5.75 Å². The topological polar surface area (TPSA) is 53.1 Å². The van der Waals surface area contributed by atoms with Gasteiger partial charge in [0, 0.05) is 12.5 Å². The van der Waals surface area contributed by atoms with E-state index in [-0.39, 0.29) is 6.04 Å². The summed E-state index contributed by atoms with van der Waals surface area (Å²) in [6.07, 6.45) is 5.24. The van der Waals surface area contributed by atoms with Gasteiger partial charge < -0.3 is 10.5 Å². The van der Waals surface area contributed by atoms with Crippen molar-refractivity contribution < 1.29 is 4.74 Å². The van der Waals surface area contributed by atoms with Crippen molar-refractivity contribution in [2.24, 2.45) is 5.73 Å². The van der Waals surface area contributed by atoms with E-state index in [1.807, 2.05) is 4.68 Å². The number of ether oxygens (including phenoxy) is 1. The number of methoxy groups -OCH3 is 1. The predicted molar refractivity (Wildman–Crippen MR) is 83.5 cm³/mol. The van der Waals surface area contributed by atoms with Gasteiger partial charge in [0.05, 0.1) is 25.0 Å². The first-order valence-corrected chi connectivity index (χ1v) is 7.69. The summed E-state index contributed by atoms with van der Waals surface area (Å²) in [5.74, 6) is 1.14. The van der Waals surface area contributed by atoms with E-state index in [2.05, 4.69) is 36.3 Å². The summed E-state index contributed by atoms with van der Waals surface area (Å²) in [6, 6.07) is 8.59. The molecule has 0 radical (unpaired) electrons. The summed E-state index contributed by atoms with van der Waals surface area (Å²) in [4.78, 5) is 0. The van der Waals surface area contributed by atoms with Gasteiger partial charge in [-0.1, -0.05) is 24.3 Å². The number of hydrogen-bond acceptors (Lipinski definition) is 3. The number of nitrogens with two attached hydrogens (primary N) is 1. The van der Waals surface area contributed by atoms with Gasteiger partial charge >= 0.3 is 0 Å². The molecule has 0 amide bonds. The zero-order chi connectivity index (χ0) is 14.8. The smallest absolute Gasteiger partial charge is 0.161 e. The van der Waals surface area contributed by atoms with Crippen molar-refractivity contribution in [3.63, 3.8) is 0 Å². The lowest BCUT2D eigenvalue weighted by Gasteiger charge is -2.30. The molecule has 1 aliphatic rings. The van der Waals surface area contributed by atoms with Crippen LogP contribution in [0.1, 0.15) is 48.5 Å². The molecule has 1 aromatic carbocycles. The molecule has 2 atom stereocenters. The molecule has 1 aromatic heterocycles. The molecule has 0 fully saturated rings. The number of aromatic nitrogens is 2. The second-order valence-corrected chi connectivity index (χ2v) is 5.64. The van der Waals surface area contributed by atoms with E-state index in [0.29, 0.717) is 5.92 Å². The first-order valence-electron chi connectivity index (χ1n) is 7.69. The Kier molecular flexibility index (Phi) is 3.97. The number of fused-ring (bicyclic) bond motifs is 1. The van der Waals surface area contributed by atoms with Crippen molar-refractivity contribution in [1.82, 2.24) is 9.78 Å². The van der Waals surface area contributed by atoms with Crippen LogP contribution in [-0.4, -0.2) is 16.9 Å². The maximum absolute atomic E-state index is 6.64. The Hall–Kier alpha value is -1.81. The minimum Gasteiger partial charge on any atom is -0.493 e. The molecule has 0 bridgehead atoms. The molecule has 3 rings (SSSR count). The highest BCUT2D eigenvalue weighted by Gasteiger charge is 2.30. The van der Waals surface area contributed by atoms with Crippen LogP contribution in [0.15, 0.2) is 30.5 Å². The van der Waals surface area contributed by atoms with E-state index in [0.717, 1.165) is 30.8 Å². The van der Waals surface area contributed by atoms with Gasteiger partial charge in [-0.05, 0) is 37.3 Å². The normalized spacial score (nSPS) is 19.1. The lowest BCUT2D eigenvalue weighted by Crippen LogP contribution is -2.26. The van der Waals surface area contributed by atoms with Crippen molar-refractivity contribution in [3.05, 3.63) is 47.3 Å². The van der Waals surface area contributed by atoms with Crippen LogP contribution in [0.2, 0.25) is 0 Å². The number of aryl methyl sites for hydroxylation is 2. The molecule has 0 saturated carbocycles. The summed E-state index contributed by atoms with van der Waals surface area (Å²) in [5.41, 5.74) is 10.5. The second kappa shape index (κ2) is 5.90. The summed E-state index contributed by atoms with van der Waals surface area (Å²) >= 11 is 0. The third kappa shape index (κ3) is 2.44. The fourth-order valence-electron chi connectivity index (χ4n) is 3.48. The van der Waals surface area contributed by atoms with E-state index in [9.17, 15) is 0 Å². The lowest BCUT2D eigenvalue weighted by atomic mass is 9.78. The van der Waals surface area contributed by atoms with Crippen molar-refractivity contribution in [2.45, 2.75) is 44.7 Å². The molecule has 112 valence electrons. The Morgan fingerprint density at radius 3 is 3.00 bits per heavy atom. The molecule has 21 heavy (non-hydrogen) atoms. The van der Waals surface area contributed by atoms with Crippen LogP contribution in [-0.2, 0) is 13.0 Å². The van der Waals surface area contributed by atoms with Crippen LogP contribution < -0.4 is 10.5 Å². The van der Waals surface area contributed by atoms with Gasteiger partial charge in [-0.25, -0.2) is 0 Å². The molecule has 0 aliphatic heterocycles. The van der Waals surface area contributed by atoms with Crippen molar-refractivity contribution >= 4 is 0 Å². The Bertz CT molecular complexity index is 599. The Labute approximate surface area is 125 Å². The van der Waals surface area contributed by atoms with E-state index in [1.54, 1.807) is 13.3 Å². The summed E-state index contributed by atoms with van der Waals surface area (Å²) in [5, 5.41) is 4.39. The van der Waals surface area contributed by atoms with Crippen LogP contribution in [0.25, 0.3) is 0 Å². The van der Waals surface area contributed by atoms with Crippen molar-refractivity contribution in [3.8, 4) is 5.75 Å². The Morgan fingerprint density at radius 1 is 1.43 bits per heavy atom. The highest BCUT2D eigenvalue weighted by Crippen LogP contribution is 2.41. The van der Waals surface area contributed by atoms with E-state index < -0.39 is 0 Å². The van der Waals surface area contributed by atoms with Crippen LogP contribution in [0.4, 0.5) is 0 Å². The average Bonchev–Trinajstić information content (AvgIpc) is 2.96. The molecular weight excluding hydrogens is 262 g/mol. The van der Waals surface area contributed by atoms with E-state index in [1.165, 1.54) is 17.5 Å². The quantitative estimate of drug-likeness (QED) is 0.939. The number of rotatable bonds is 4. The third-order valence-corrected chi connectivity index (χ3v) is 4.53. The Balaban J connectivity index is 2.00. The van der Waals surface area contributed by atoms with Crippen molar-refractivity contribution in [2.75, 3.05) is 7.11 Å². The van der Waals surface area contributed by atoms with Crippen LogP contribution >= 0.6 is 0 Å². The number of nitrogens with zero attached hydrogens (tertiary/aromatic N) is 2. The zero-order valence-corrected chi connectivity index (χ0v) is 12.7. The van der Waals surface area contributed by atoms with Crippen LogP contribution in [0.5, 0.6) is 5.75 Å². The van der Waals surface area contributed by atoms with Gasteiger partial charge in [-0.3, -0.25) is 4.68 Å². The molecule has 2 aromatic rings. The fourth-order valence-corrected chi connectivity index (χ4v) is 3.48. The fraction of sp³-hybridized carbons (Fsp3) is 0.471. The zero-order valence-electron chi connectivity index (χ0n) is 12.7. The van der Waals surface area contributed by atoms with Gasteiger partial charge in [-0.2, -0.15) is 5.10 Å². The monoisotopic (exact) mass is 285 g/mol. The molecule has 4 nitrogen and oxygen atoms in total. The number of hydrogen-bond donors (Lipinski definition) is 1. The standard InChI is InChI=1S/C17H23N3O/c1-3-20-17(15(21-2)11-19-20)16(18)14-10-6-8-12-7-4-5-9-13(12)14/h4-5,7,9,11,14,16H,3,6,8,10,18H2,1-2H3. The summed E-state index contributed by atoms with van der Waals surface area (Å²) in [6.45, 7) is 2.89. The highest BCUT2D eigenvalue weighted by atomic mass is 16.5. The largest absolute Gasteiger partial charge is 0.493 e. The number of benzene rings is 1. The second-order valence-electron chi connectivity index (χ2n) is 5.64. The SMILES string of the molecule is CCn1ncc(OC)c1C(N)C1CCCc2ccccc21. The average molecular weight is 285 g/mol. The molecule has 4 heteroatoms. The molecule has 1 aliphatic carbocycles. The maximum atomic E-state index is 6.64. The van der Waals surface area contributed by atoms with E-state index in [4.69, 9.17) is 10.5 Å². The van der Waals surface area contributed by atoms with Gasteiger partial charge in [0.2, 0.25) is 0 Å². The minimum absolute atomic E-state index is 0.0798. The van der Waals surface area contributed by atoms with Gasteiger partial charge in [-0.15, -0.1) is 0 Å². The molecule has 2 unspecified atom stereocenters. The molecule has 0 saturated heterocycles. The third-order valence-electron chi connectivity index (χ3n) is 4.53. The summed E-state index contributed by atoms with van der Waals surface area (Å²) in [7, 11) is 1.68. The Morgan fingerprint density at radius 2 is 2.24 bits per heavy atom. The minimum atomic E-state index is -0.0798. The molecule has 0 spiro atoms. The highest BCUT2D eigenvalue weighted by molar-refractivity contribution is 5.37. The van der Waals surface area contributed by atoms with Crippen molar-refractivity contribution in [1.29, 1.82) is 0 Å². The first kappa shape index (κ1) is 14.1. The molecular formula is C17H23N3O. The maximum Gasteiger partial charge on any atom is 0.161 e. The molecule has 1 heterocycles. The van der Waals surface area contributed by atoms with E-state index >= 15 is 0 Å². The summed E-state index contributed by atoms with van der Waals surface area (Å²) < 4.78 is 7.42. The van der Waals surface area contributed by atoms with Gasteiger partial charge in [0.25, 0.3) is 0 Å². The van der Waals surface area contributed by atoms with Crippen LogP contribution in [0.3, 0.4) is 0 Å².